The van der Waals surface area contributed by atoms with Gasteiger partial charge in [-0.25, -0.2) is 4.79 Å². The Morgan fingerprint density at radius 1 is 0.938 bits per heavy atom. The fourth-order valence-electron chi connectivity index (χ4n) is 6.79. The molecule has 0 aromatic heterocycles. The van der Waals surface area contributed by atoms with Gasteiger partial charge in [-0.15, -0.1) is 0 Å². The molecule has 2 aliphatic rings. The molecule has 12 heteroatoms. The SMILES string of the molecule is CCNC(=O)[C@]1(Cc2ccccc2)CCCN(C(=O)[C@@H](Cc2ccc(Cl)c(Cl)c2)NC(=O)N2CCC(NC(=O)CCCCC[NH3+])CC2)C1. The molecule has 48 heavy (non-hydrogen) atoms. The van der Waals surface area contributed by atoms with E-state index in [-0.39, 0.29) is 42.8 Å². The molecule has 2 aromatic carbocycles. The molecule has 0 saturated carbocycles. The number of nitrogens with one attached hydrogen (secondary N) is 3. The van der Waals surface area contributed by atoms with Crippen molar-refractivity contribution in [2.45, 2.75) is 83.2 Å². The summed E-state index contributed by atoms with van der Waals surface area (Å²) < 4.78 is 0. The molecule has 6 N–H and O–H groups in total. The van der Waals surface area contributed by atoms with E-state index in [1.807, 2.05) is 37.3 Å². The number of hydrogen-bond acceptors (Lipinski definition) is 4. The van der Waals surface area contributed by atoms with Gasteiger partial charge in [-0.05, 0) is 81.5 Å². The number of urea groups is 1. The molecule has 0 spiro atoms. The lowest BCUT2D eigenvalue weighted by molar-refractivity contribution is -0.368. The highest BCUT2D eigenvalue weighted by Gasteiger charge is 2.44. The third kappa shape index (κ3) is 10.6. The number of rotatable bonds is 14. The van der Waals surface area contributed by atoms with Gasteiger partial charge in [0, 0.05) is 51.6 Å². The fourth-order valence-corrected chi connectivity index (χ4v) is 7.11. The van der Waals surface area contributed by atoms with E-state index >= 15 is 0 Å². The van der Waals surface area contributed by atoms with E-state index in [9.17, 15) is 19.2 Å². The normalized spacial score (nSPS) is 19.0. The molecule has 4 rings (SSSR count). The number of likely N-dealkylation sites (tertiary alicyclic amines) is 2. The summed E-state index contributed by atoms with van der Waals surface area (Å²) in [6.45, 7) is 4.94. The summed E-state index contributed by atoms with van der Waals surface area (Å²) in [7, 11) is 0. The average Bonchev–Trinajstić information content (AvgIpc) is 3.08. The summed E-state index contributed by atoms with van der Waals surface area (Å²) in [5.41, 5.74) is 4.85. The second kappa shape index (κ2) is 18.4. The van der Waals surface area contributed by atoms with Gasteiger partial charge in [0.25, 0.3) is 0 Å². The molecule has 2 atom stereocenters. The number of piperidine rings is 2. The second-order valence-electron chi connectivity index (χ2n) is 13.1. The molecule has 0 unspecified atom stereocenters. The summed E-state index contributed by atoms with van der Waals surface area (Å²) in [6, 6.07) is 13.9. The number of nitrogens with zero attached hydrogens (tertiary/aromatic N) is 2. The number of carbonyl (C=O) groups excluding carboxylic acids is 4. The number of hydrogen-bond donors (Lipinski definition) is 4. The van der Waals surface area contributed by atoms with Crippen molar-refractivity contribution in [2.75, 3.05) is 39.3 Å². The van der Waals surface area contributed by atoms with Crippen LogP contribution in [0.15, 0.2) is 48.5 Å². The average molecular weight is 703 g/mol. The lowest BCUT2D eigenvalue weighted by Gasteiger charge is -2.43. The molecule has 2 aliphatic heterocycles. The number of benzene rings is 2. The van der Waals surface area contributed by atoms with Gasteiger partial charge in [0.05, 0.1) is 22.0 Å². The molecule has 0 aliphatic carbocycles. The summed E-state index contributed by atoms with van der Waals surface area (Å²) in [5, 5.41) is 9.92. The van der Waals surface area contributed by atoms with Gasteiger partial charge in [0.1, 0.15) is 6.04 Å². The van der Waals surface area contributed by atoms with E-state index < -0.39 is 11.5 Å². The van der Waals surface area contributed by atoms with Gasteiger partial charge >= 0.3 is 6.03 Å². The van der Waals surface area contributed by atoms with Gasteiger partial charge in [-0.2, -0.15) is 0 Å². The van der Waals surface area contributed by atoms with Crippen LogP contribution in [0.1, 0.15) is 69.4 Å². The lowest BCUT2D eigenvalue weighted by Crippen LogP contribution is -2.59. The Hall–Kier alpha value is -3.34. The molecule has 2 aromatic rings. The Morgan fingerprint density at radius 2 is 1.69 bits per heavy atom. The van der Waals surface area contributed by atoms with E-state index in [2.05, 4.69) is 21.7 Å². The molecule has 2 saturated heterocycles. The summed E-state index contributed by atoms with van der Waals surface area (Å²) in [4.78, 5) is 57.4. The highest BCUT2D eigenvalue weighted by molar-refractivity contribution is 6.42. The first kappa shape index (κ1) is 37.5. The molecular formula is C36H51Cl2N6O4+. The van der Waals surface area contributed by atoms with Crippen molar-refractivity contribution < 1.29 is 24.9 Å². The zero-order valence-electron chi connectivity index (χ0n) is 28.1. The van der Waals surface area contributed by atoms with Crippen molar-refractivity contribution in [3.63, 3.8) is 0 Å². The summed E-state index contributed by atoms with van der Waals surface area (Å²) in [6.07, 6.45) is 6.70. The monoisotopic (exact) mass is 701 g/mol. The van der Waals surface area contributed by atoms with Crippen LogP contribution >= 0.6 is 23.2 Å². The lowest BCUT2D eigenvalue weighted by atomic mass is 9.74. The van der Waals surface area contributed by atoms with Crippen molar-refractivity contribution in [3.8, 4) is 0 Å². The molecular weight excluding hydrogens is 651 g/mol. The van der Waals surface area contributed by atoms with Crippen molar-refractivity contribution in [1.29, 1.82) is 0 Å². The number of halogens is 2. The predicted octanol–water partition coefficient (Wildman–Crippen LogP) is 3.98. The van der Waals surface area contributed by atoms with Gasteiger partial charge in [-0.3, -0.25) is 14.4 Å². The van der Waals surface area contributed by atoms with E-state index in [1.54, 1.807) is 28.0 Å². The summed E-state index contributed by atoms with van der Waals surface area (Å²) >= 11 is 12.5. The van der Waals surface area contributed by atoms with Gasteiger partial charge < -0.3 is 31.5 Å². The van der Waals surface area contributed by atoms with E-state index in [4.69, 9.17) is 23.2 Å². The van der Waals surface area contributed by atoms with Crippen LogP contribution in [0.5, 0.6) is 0 Å². The van der Waals surface area contributed by atoms with Crippen LogP contribution in [0.4, 0.5) is 4.79 Å². The quantitative estimate of drug-likeness (QED) is 0.221. The zero-order chi connectivity index (χ0) is 34.5. The minimum absolute atomic E-state index is 0.0170. The van der Waals surface area contributed by atoms with Crippen molar-refractivity contribution in [3.05, 3.63) is 69.7 Å². The third-order valence-corrected chi connectivity index (χ3v) is 10.2. The molecule has 5 amide bonds. The first-order chi connectivity index (χ1) is 23.1. The number of quaternary nitrogens is 1. The van der Waals surface area contributed by atoms with Gasteiger partial charge in [-0.1, -0.05) is 59.6 Å². The van der Waals surface area contributed by atoms with Crippen LogP contribution in [0, 0.1) is 5.41 Å². The van der Waals surface area contributed by atoms with Crippen LogP contribution in [0.3, 0.4) is 0 Å². The predicted molar refractivity (Wildman–Crippen MR) is 189 cm³/mol. The number of amides is 5. The van der Waals surface area contributed by atoms with Crippen LogP contribution in [-0.4, -0.2) is 84.9 Å². The molecule has 0 radical (unpaired) electrons. The maximum Gasteiger partial charge on any atom is 0.318 e. The van der Waals surface area contributed by atoms with Crippen molar-refractivity contribution >= 4 is 47.0 Å². The molecule has 2 fully saturated rings. The molecule has 0 bridgehead atoms. The smallest absolute Gasteiger partial charge is 0.318 e. The molecule has 2 heterocycles. The Kier molecular flexibility index (Phi) is 14.4. The Bertz CT molecular complexity index is 1390. The first-order valence-corrected chi connectivity index (χ1v) is 18.1. The third-order valence-electron chi connectivity index (χ3n) is 9.41. The fraction of sp³-hybridized carbons (Fsp3) is 0.556. The molecule has 10 nitrogen and oxygen atoms in total. The summed E-state index contributed by atoms with van der Waals surface area (Å²) in [5.74, 6) is -0.256. The van der Waals surface area contributed by atoms with Gasteiger partial charge in [0.2, 0.25) is 17.7 Å². The maximum absolute atomic E-state index is 14.3. The van der Waals surface area contributed by atoms with E-state index in [1.165, 1.54) is 0 Å². The van der Waals surface area contributed by atoms with Crippen LogP contribution < -0.4 is 21.7 Å². The molecule has 262 valence electrons. The van der Waals surface area contributed by atoms with Crippen LogP contribution in [-0.2, 0) is 27.2 Å². The topological polar surface area (TPSA) is 138 Å². The maximum atomic E-state index is 14.3. The largest absolute Gasteiger partial charge is 0.358 e. The zero-order valence-corrected chi connectivity index (χ0v) is 29.6. The van der Waals surface area contributed by atoms with Crippen molar-refractivity contribution in [2.24, 2.45) is 5.41 Å². The standard InChI is InChI=1S/C36H50Cl2N6O4/c1-2-40-34(47)36(24-26-10-5-3-6-11-26)17-9-19-44(25-36)33(46)31(23-27-13-14-29(37)30(38)22-27)42-35(48)43-20-15-28(16-21-43)41-32(45)12-7-4-8-18-39/h3,5-6,10-11,13-14,22,28,31H,2,4,7-9,12,15-21,23-25,39H2,1H3,(H,40,47)(H,41,45)(H,42,48)/p+1/t31-,36+/m1/s1. The second-order valence-corrected chi connectivity index (χ2v) is 13.9. The number of unbranched alkanes of at least 4 members (excludes halogenated alkanes) is 2. The highest BCUT2D eigenvalue weighted by Crippen LogP contribution is 2.35. The van der Waals surface area contributed by atoms with Crippen molar-refractivity contribution in [1.82, 2.24) is 25.8 Å². The minimum Gasteiger partial charge on any atom is -0.358 e. The van der Waals surface area contributed by atoms with Crippen LogP contribution in [0.25, 0.3) is 0 Å². The minimum atomic E-state index is -0.882. The van der Waals surface area contributed by atoms with E-state index in [0.29, 0.717) is 74.7 Å². The Morgan fingerprint density at radius 3 is 2.38 bits per heavy atom. The van der Waals surface area contributed by atoms with E-state index in [0.717, 1.165) is 36.9 Å². The number of carbonyl (C=O) groups is 4. The van der Waals surface area contributed by atoms with Crippen LogP contribution in [0.2, 0.25) is 10.0 Å². The van der Waals surface area contributed by atoms with Gasteiger partial charge in [0.15, 0.2) is 0 Å². The first-order valence-electron chi connectivity index (χ1n) is 17.3. The highest BCUT2D eigenvalue weighted by atomic mass is 35.5. The Labute approximate surface area is 294 Å². The Balaban J connectivity index is 1.46.